The van der Waals surface area contributed by atoms with E-state index >= 15 is 0 Å². The van der Waals surface area contributed by atoms with Crippen molar-refractivity contribution in [3.05, 3.63) is 76.8 Å². The van der Waals surface area contributed by atoms with Gasteiger partial charge in [-0.2, -0.15) is 0 Å². The topological polar surface area (TPSA) is 25.2 Å². The van der Waals surface area contributed by atoms with Gasteiger partial charge in [-0.05, 0) is 61.0 Å². The largest absolute Gasteiger partial charge is 0.459 e. The van der Waals surface area contributed by atoms with Crippen molar-refractivity contribution in [2.45, 2.75) is 13.5 Å². The lowest BCUT2D eigenvalue weighted by Gasteiger charge is -2.06. The van der Waals surface area contributed by atoms with Gasteiger partial charge < -0.3 is 9.73 Å². The van der Waals surface area contributed by atoms with E-state index < -0.39 is 0 Å². The molecule has 0 radical (unpaired) electrons. The zero-order valence-electron chi connectivity index (χ0n) is 12.1. The van der Waals surface area contributed by atoms with E-state index in [-0.39, 0.29) is 5.82 Å². The molecule has 0 bridgehead atoms. The normalized spacial score (nSPS) is 10.7. The van der Waals surface area contributed by atoms with Gasteiger partial charge in [-0.3, -0.25) is 0 Å². The zero-order chi connectivity index (χ0) is 15.5. The van der Waals surface area contributed by atoms with Crippen molar-refractivity contribution in [3.63, 3.8) is 0 Å². The first-order chi connectivity index (χ1) is 10.6. The van der Waals surface area contributed by atoms with Crippen LogP contribution in [0.25, 0.3) is 11.3 Å². The van der Waals surface area contributed by atoms with Crippen LogP contribution in [-0.4, -0.2) is 0 Å². The molecule has 0 aliphatic rings. The molecule has 2 nitrogen and oxygen atoms in total. The highest BCUT2D eigenvalue weighted by Crippen LogP contribution is 2.24. The van der Waals surface area contributed by atoms with Crippen LogP contribution in [0.1, 0.15) is 11.3 Å². The molecule has 0 spiro atoms. The first-order valence-electron chi connectivity index (χ1n) is 6.96. The molecule has 3 rings (SSSR count). The Hall–Kier alpha value is -2.26. The summed E-state index contributed by atoms with van der Waals surface area (Å²) in [6.07, 6.45) is 0. The predicted molar refractivity (Wildman–Crippen MR) is 87.6 cm³/mol. The molecule has 0 saturated carbocycles. The molecule has 0 amide bonds. The van der Waals surface area contributed by atoms with Gasteiger partial charge in [0.1, 0.15) is 17.3 Å². The van der Waals surface area contributed by atoms with Crippen molar-refractivity contribution < 1.29 is 8.81 Å². The van der Waals surface area contributed by atoms with Gasteiger partial charge in [0.15, 0.2) is 0 Å². The number of hydrogen-bond donors (Lipinski definition) is 1. The summed E-state index contributed by atoms with van der Waals surface area (Å²) >= 11 is 6.10. The second-order valence-corrected chi connectivity index (χ2v) is 5.50. The van der Waals surface area contributed by atoms with Crippen LogP contribution in [-0.2, 0) is 6.54 Å². The minimum absolute atomic E-state index is 0.256. The molecule has 1 N–H and O–H groups in total. The molecule has 2 aromatic carbocycles. The van der Waals surface area contributed by atoms with Crippen LogP contribution in [0.15, 0.2) is 59.0 Å². The molecule has 0 atom stereocenters. The average molecular weight is 316 g/mol. The smallest absolute Gasteiger partial charge is 0.134 e. The molecule has 0 saturated heterocycles. The van der Waals surface area contributed by atoms with Crippen LogP contribution in [0.3, 0.4) is 0 Å². The van der Waals surface area contributed by atoms with Crippen molar-refractivity contribution >= 4 is 17.3 Å². The molecule has 3 aromatic rings. The van der Waals surface area contributed by atoms with Gasteiger partial charge in [-0.1, -0.05) is 17.7 Å². The van der Waals surface area contributed by atoms with Gasteiger partial charge in [0, 0.05) is 16.3 Å². The maximum Gasteiger partial charge on any atom is 0.134 e. The van der Waals surface area contributed by atoms with Crippen molar-refractivity contribution in [1.82, 2.24) is 0 Å². The number of furan rings is 1. The van der Waals surface area contributed by atoms with Crippen LogP contribution < -0.4 is 5.32 Å². The Balaban J connectivity index is 1.69. The van der Waals surface area contributed by atoms with Crippen LogP contribution in [0.4, 0.5) is 10.1 Å². The highest BCUT2D eigenvalue weighted by atomic mass is 35.5. The molecule has 0 aliphatic carbocycles. The number of nitrogens with one attached hydrogen (secondary N) is 1. The van der Waals surface area contributed by atoms with E-state index in [0.29, 0.717) is 6.54 Å². The Kier molecular flexibility index (Phi) is 4.16. The molecular formula is C18H15ClFNO. The zero-order valence-corrected chi connectivity index (χ0v) is 12.8. The lowest BCUT2D eigenvalue weighted by Crippen LogP contribution is -1.98. The van der Waals surface area contributed by atoms with Gasteiger partial charge in [0.25, 0.3) is 0 Å². The summed E-state index contributed by atoms with van der Waals surface area (Å²) in [5, 5.41) is 4.00. The first-order valence-corrected chi connectivity index (χ1v) is 7.34. The summed E-state index contributed by atoms with van der Waals surface area (Å²) in [7, 11) is 0. The van der Waals surface area contributed by atoms with Crippen LogP contribution in [0.5, 0.6) is 0 Å². The fourth-order valence-corrected chi connectivity index (χ4v) is 2.31. The maximum atomic E-state index is 12.9. The Morgan fingerprint density at radius 2 is 1.82 bits per heavy atom. The summed E-state index contributed by atoms with van der Waals surface area (Å²) in [4.78, 5) is 0. The van der Waals surface area contributed by atoms with Crippen molar-refractivity contribution in [3.8, 4) is 11.3 Å². The molecular weight excluding hydrogens is 301 g/mol. The predicted octanol–water partition coefficient (Wildman–Crippen LogP) is 5.66. The first kappa shape index (κ1) is 14.7. The quantitative estimate of drug-likeness (QED) is 0.672. The number of rotatable bonds is 4. The number of hydrogen-bond acceptors (Lipinski definition) is 2. The molecule has 112 valence electrons. The molecule has 1 aromatic heterocycles. The van der Waals surface area contributed by atoms with Crippen molar-refractivity contribution in [1.29, 1.82) is 0 Å². The summed E-state index contributed by atoms with van der Waals surface area (Å²) < 4.78 is 18.7. The second-order valence-electron chi connectivity index (χ2n) is 5.09. The average Bonchev–Trinajstić information content (AvgIpc) is 2.98. The van der Waals surface area contributed by atoms with Gasteiger partial charge in [-0.15, -0.1) is 0 Å². The molecule has 1 heterocycles. The third kappa shape index (κ3) is 3.31. The third-order valence-electron chi connectivity index (χ3n) is 3.43. The van der Waals surface area contributed by atoms with Crippen LogP contribution >= 0.6 is 11.6 Å². The minimum atomic E-state index is -0.256. The Morgan fingerprint density at radius 1 is 1.05 bits per heavy atom. The number of anilines is 1. The van der Waals surface area contributed by atoms with Crippen molar-refractivity contribution in [2.24, 2.45) is 0 Å². The lowest BCUT2D eigenvalue weighted by molar-refractivity contribution is 0.531. The van der Waals surface area contributed by atoms with E-state index in [1.54, 1.807) is 12.1 Å². The Labute approximate surface area is 133 Å². The highest BCUT2D eigenvalue weighted by molar-refractivity contribution is 6.31. The Morgan fingerprint density at radius 3 is 2.55 bits per heavy atom. The van der Waals surface area contributed by atoms with E-state index in [4.69, 9.17) is 16.0 Å². The standard InChI is InChI=1S/C18H15ClFNO/c1-12-2-7-15(10-17(12)19)21-11-16-8-9-18(22-16)13-3-5-14(20)6-4-13/h2-10,21H,11H2,1H3. The van der Waals surface area contributed by atoms with Crippen molar-refractivity contribution in [2.75, 3.05) is 5.32 Å². The van der Waals surface area contributed by atoms with E-state index in [1.165, 1.54) is 12.1 Å². The minimum Gasteiger partial charge on any atom is -0.459 e. The van der Waals surface area contributed by atoms with E-state index in [9.17, 15) is 4.39 Å². The second kappa shape index (κ2) is 6.24. The summed E-state index contributed by atoms with van der Waals surface area (Å²) in [5.41, 5.74) is 2.84. The lowest BCUT2D eigenvalue weighted by atomic mass is 10.2. The van der Waals surface area contributed by atoms with E-state index in [0.717, 1.165) is 33.4 Å². The third-order valence-corrected chi connectivity index (χ3v) is 3.84. The number of halogens is 2. The van der Waals surface area contributed by atoms with Gasteiger partial charge >= 0.3 is 0 Å². The van der Waals surface area contributed by atoms with Gasteiger partial charge in [0.05, 0.1) is 6.54 Å². The van der Waals surface area contributed by atoms with Gasteiger partial charge in [-0.25, -0.2) is 4.39 Å². The monoisotopic (exact) mass is 315 g/mol. The fraction of sp³-hybridized carbons (Fsp3) is 0.111. The number of benzene rings is 2. The van der Waals surface area contributed by atoms with Crippen LogP contribution in [0.2, 0.25) is 5.02 Å². The number of aryl methyl sites for hydroxylation is 1. The highest BCUT2D eigenvalue weighted by Gasteiger charge is 2.05. The molecule has 0 aliphatic heterocycles. The van der Waals surface area contributed by atoms with E-state index in [2.05, 4.69) is 5.32 Å². The summed E-state index contributed by atoms with van der Waals surface area (Å²) in [6.45, 7) is 2.52. The molecule has 4 heteroatoms. The maximum absolute atomic E-state index is 12.9. The molecule has 0 unspecified atom stereocenters. The van der Waals surface area contributed by atoms with E-state index in [1.807, 2.05) is 37.3 Å². The Bertz CT molecular complexity index is 780. The molecule has 0 fully saturated rings. The SMILES string of the molecule is Cc1ccc(NCc2ccc(-c3ccc(F)cc3)o2)cc1Cl. The summed E-state index contributed by atoms with van der Waals surface area (Å²) in [5.74, 6) is 1.27. The fourth-order valence-electron chi connectivity index (χ4n) is 2.13. The van der Waals surface area contributed by atoms with Crippen LogP contribution in [0, 0.1) is 12.7 Å². The summed E-state index contributed by atoms with van der Waals surface area (Å²) in [6, 6.07) is 15.9. The van der Waals surface area contributed by atoms with Gasteiger partial charge in [0.2, 0.25) is 0 Å². The molecule has 22 heavy (non-hydrogen) atoms.